The fraction of sp³-hybridized carbons (Fsp3) is 0.222. The van der Waals surface area contributed by atoms with Gasteiger partial charge in [-0.25, -0.2) is 0 Å². The van der Waals surface area contributed by atoms with Crippen LogP contribution < -0.4 is 14.2 Å². The average molecular weight is 367 g/mol. The molecule has 24 heavy (non-hydrogen) atoms. The minimum Gasteiger partial charge on any atom is -0.612 e. The van der Waals surface area contributed by atoms with Gasteiger partial charge in [0.1, 0.15) is 28.4 Å². The molecule has 1 atom stereocenters. The Kier molecular flexibility index (Phi) is 6.85. The molecule has 0 aliphatic rings. The summed E-state index contributed by atoms with van der Waals surface area (Å²) in [5.41, 5.74) is 1.67. The molecule has 0 N–H and O–H groups in total. The second-order valence-corrected chi connectivity index (χ2v) is 6.66. The topological polar surface area (TPSA) is 50.8 Å². The molecule has 2 aromatic rings. The highest BCUT2D eigenvalue weighted by molar-refractivity contribution is 7.93. The summed E-state index contributed by atoms with van der Waals surface area (Å²) in [5, 5.41) is 2.29. The van der Waals surface area contributed by atoms with Crippen LogP contribution >= 0.6 is 11.6 Å². The van der Waals surface area contributed by atoms with Crippen molar-refractivity contribution in [2.24, 2.45) is 0 Å². The van der Waals surface area contributed by atoms with Crippen LogP contribution in [0.15, 0.2) is 41.8 Å². The number of hydrogen-bond acceptors (Lipinski definition) is 4. The molecule has 0 amide bonds. The van der Waals surface area contributed by atoms with E-state index in [4.69, 9.17) is 25.8 Å². The van der Waals surface area contributed by atoms with Crippen molar-refractivity contribution in [2.75, 3.05) is 21.3 Å². The summed E-state index contributed by atoms with van der Waals surface area (Å²) in [7, 11) is 4.71. The number of methoxy groups -OCH3 is 3. The molecule has 0 aromatic heterocycles. The largest absolute Gasteiger partial charge is 0.612 e. The third kappa shape index (κ3) is 4.84. The number of halogens is 1. The summed E-state index contributed by atoms with van der Waals surface area (Å²) in [6, 6.07) is 10.8. The predicted molar refractivity (Wildman–Crippen MR) is 98.4 cm³/mol. The van der Waals surface area contributed by atoms with Crippen molar-refractivity contribution in [3.05, 3.63) is 58.0 Å². The van der Waals surface area contributed by atoms with Crippen LogP contribution in [0.2, 0.25) is 5.02 Å². The average Bonchev–Trinajstić information content (AvgIpc) is 2.61. The van der Waals surface area contributed by atoms with E-state index in [2.05, 4.69) is 0 Å². The van der Waals surface area contributed by atoms with Gasteiger partial charge in [0.2, 0.25) is 0 Å². The van der Waals surface area contributed by atoms with Crippen LogP contribution in [0.25, 0.3) is 6.08 Å². The van der Waals surface area contributed by atoms with Crippen LogP contribution in [0, 0.1) is 0 Å². The van der Waals surface area contributed by atoms with Crippen molar-refractivity contribution in [1.82, 2.24) is 0 Å². The minimum absolute atomic E-state index is 0.411. The van der Waals surface area contributed by atoms with Crippen molar-refractivity contribution < 1.29 is 18.8 Å². The first-order valence-corrected chi connectivity index (χ1v) is 8.93. The first-order chi connectivity index (χ1) is 11.6. The fourth-order valence-electron chi connectivity index (χ4n) is 2.13. The Morgan fingerprint density at radius 1 is 1.00 bits per heavy atom. The van der Waals surface area contributed by atoms with Crippen LogP contribution in [0.4, 0.5) is 0 Å². The van der Waals surface area contributed by atoms with Crippen LogP contribution in [-0.4, -0.2) is 25.9 Å². The first kappa shape index (κ1) is 18.5. The fourth-order valence-corrected chi connectivity index (χ4v) is 3.16. The molecule has 2 rings (SSSR count). The second-order valence-electron chi connectivity index (χ2n) is 4.90. The molecule has 128 valence electrons. The molecule has 0 saturated heterocycles. The van der Waals surface area contributed by atoms with Gasteiger partial charge in [-0.05, 0) is 23.3 Å². The third-order valence-corrected chi connectivity index (χ3v) is 4.67. The van der Waals surface area contributed by atoms with E-state index < -0.39 is 11.2 Å². The van der Waals surface area contributed by atoms with Gasteiger partial charge >= 0.3 is 0 Å². The number of ether oxygens (including phenoxy) is 3. The van der Waals surface area contributed by atoms with Crippen LogP contribution in [-0.2, 0) is 16.9 Å². The van der Waals surface area contributed by atoms with E-state index in [0.717, 1.165) is 5.56 Å². The van der Waals surface area contributed by atoms with Gasteiger partial charge in [0, 0.05) is 28.8 Å². The summed E-state index contributed by atoms with van der Waals surface area (Å²) < 4.78 is 28.2. The highest BCUT2D eigenvalue weighted by Gasteiger charge is 2.12. The maximum Gasteiger partial charge on any atom is 0.135 e. The molecule has 4 nitrogen and oxygen atoms in total. The maximum absolute atomic E-state index is 12.3. The molecule has 0 saturated carbocycles. The van der Waals surface area contributed by atoms with Crippen molar-refractivity contribution in [3.8, 4) is 17.2 Å². The summed E-state index contributed by atoms with van der Waals surface area (Å²) >= 11 is 4.68. The highest BCUT2D eigenvalue weighted by Crippen LogP contribution is 2.35. The monoisotopic (exact) mass is 366 g/mol. The Hall–Kier alpha value is -1.82. The van der Waals surface area contributed by atoms with E-state index in [0.29, 0.717) is 33.6 Å². The number of rotatable bonds is 7. The number of benzene rings is 2. The lowest BCUT2D eigenvalue weighted by atomic mass is 10.1. The Morgan fingerprint density at radius 2 is 1.58 bits per heavy atom. The molecule has 0 fully saturated rings. The summed E-state index contributed by atoms with van der Waals surface area (Å²) in [4.78, 5) is 0. The van der Waals surface area contributed by atoms with Gasteiger partial charge in [0.05, 0.1) is 26.9 Å². The van der Waals surface area contributed by atoms with Gasteiger partial charge < -0.3 is 18.8 Å². The van der Waals surface area contributed by atoms with E-state index in [-0.39, 0.29) is 0 Å². The van der Waals surface area contributed by atoms with Gasteiger partial charge in [0.15, 0.2) is 0 Å². The third-order valence-electron chi connectivity index (χ3n) is 3.36. The van der Waals surface area contributed by atoms with E-state index in [1.54, 1.807) is 57.1 Å². The molecule has 2 aromatic carbocycles. The Labute approximate surface area is 150 Å². The van der Waals surface area contributed by atoms with Gasteiger partial charge in [-0.3, -0.25) is 0 Å². The molecular formula is C18H19ClO4S. The highest BCUT2D eigenvalue weighted by atomic mass is 35.5. The van der Waals surface area contributed by atoms with Gasteiger partial charge in [-0.15, -0.1) is 0 Å². The zero-order valence-corrected chi connectivity index (χ0v) is 15.3. The van der Waals surface area contributed by atoms with E-state index >= 15 is 0 Å². The summed E-state index contributed by atoms with van der Waals surface area (Å²) in [6.45, 7) is 0. The molecule has 0 bridgehead atoms. The Balaban J connectivity index is 2.19. The van der Waals surface area contributed by atoms with Crippen molar-refractivity contribution in [1.29, 1.82) is 0 Å². The lowest BCUT2D eigenvalue weighted by molar-refractivity contribution is 0.374. The smallest absolute Gasteiger partial charge is 0.135 e. The summed E-state index contributed by atoms with van der Waals surface area (Å²) in [5.74, 6) is 2.22. The van der Waals surface area contributed by atoms with Crippen LogP contribution in [0.5, 0.6) is 17.2 Å². The Morgan fingerprint density at radius 3 is 2.08 bits per heavy atom. The lowest BCUT2D eigenvalue weighted by Crippen LogP contribution is -2.00. The van der Waals surface area contributed by atoms with E-state index in [9.17, 15) is 4.55 Å². The molecule has 0 aliphatic carbocycles. The van der Waals surface area contributed by atoms with Crippen LogP contribution in [0.1, 0.15) is 11.1 Å². The number of hydrogen-bond donors (Lipinski definition) is 0. The molecule has 6 heteroatoms. The normalized spacial score (nSPS) is 12.2. The van der Waals surface area contributed by atoms with E-state index in [1.807, 2.05) is 12.1 Å². The SMILES string of the molecule is COc1cc(OC)c(/C=C/[S+]([O-])Cc2ccc(Cl)cc2)c(OC)c1. The van der Waals surface area contributed by atoms with Crippen molar-refractivity contribution >= 4 is 28.9 Å². The molecule has 0 radical (unpaired) electrons. The quantitative estimate of drug-likeness (QED) is 0.686. The lowest BCUT2D eigenvalue weighted by Gasteiger charge is -2.12. The second kappa shape index (κ2) is 8.87. The predicted octanol–water partition coefficient (Wildman–Crippen LogP) is 4.29. The van der Waals surface area contributed by atoms with E-state index in [1.165, 1.54) is 0 Å². The van der Waals surface area contributed by atoms with Gasteiger partial charge in [-0.1, -0.05) is 23.7 Å². The molecule has 0 aliphatic heterocycles. The first-order valence-electron chi connectivity index (χ1n) is 7.17. The maximum atomic E-state index is 12.3. The minimum atomic E-state index is -1.17. The standard InChI is InChI=1S/C18H19ClO4S/c1-21-15-10-17(22-2)16(18(11-15)23-3)8-9-24(20)12-13-4-6-14(19)7-5-13/h4-11H,12H2,1-3H3/b9-8+. The Bertz CT molecular complexity index is 676. The van der Waals surface area contributed by atoms with Gasteiger partial charge in [0.25, 0.3) is 0 Å². The van der Waals surface area contributed by atoms with Crippen molar-refractivity contribution in [3.63, 3.8) is 0 Å². The zero-order valence-electron chi connectivity index (χ0n) is 13.7. The van der Waals surface area contributed by atoms with Crippen LogP contribution in [0.3, 0.4) is 0 Å². The zero-order chi connectivity index (χ0) is 17.5. The summed E-state index contributed by atoms with van der Waals surface area (Å²) in [6.07, 6.45) is 1.74. The molecular weight excluding hydrogens is 348 g/mol. The van der Waals surface area contributed by atoms with Crippen molar-refractivity contribution in [2.45, 2.75) is 5.75 Å². The molecule has 1 unspecified atom stereocenters. The van der Waals surface area contributed by atoms with Gasteiger partial charge in [-0.2, -0.15) is 0 Å². The molecule has 0 heterocycles. The molecule has 0 spiro atoms.